The fourth-order valence-electron chi connectivity index (χ4n) is 3.80. The molecule has 132 valence electrons. The van der Waals surface area contributed by atoms with Crippen molar-refractivity contribution in [3.05, 3.63) is 41.9 Å². The molecule has 1 fully saturated rings. The lowest BCUT2D eigenvalue weighted by Crippen LogP contribution is -2.45. The highest BCUT2D eigenvalue weighted by molar-refractivity contribution is 5.76. The van der Waals surface area contributed by atoms with Crippen LogP contribution in [0.3, 0.4) is 0 Å². The summed E-state index contributed by atoms with van der Waals surface area (Å²) in [4.78, 5) is 14.4. The first-order chi connectivity index (χ1) is 12.3. The molecule has 1 N–H and O–H groups in total. The van der Waals surface area contributed by atoms with Crippen LogP contribution in [0.1, 0.15) is 36.9 Å². The average Bonchev–Trinajstić information content (AvgIpc) is 3.15. The summed E-state index contributed by atoms with van der Waals surface area (Å²) in [7, 11) is 0. The monoisotopic (exact) mass is 339 g/mol. The quantitative estimate of drug-likeness (QED) is 0.925. The third-order valence-corrected chi connectivity index (χ3v) is 5.23. The van der Waals surface area contributed by atoms with Crippen LogP contribution in [0.5, 0.6) is 0 Å². The number of fused-ring (bicyclic) bond motifs is 1. The molecule has 6 nitrogen and oxygen atoms in total. The summed E-state index contributed by atoms with van der Waals surface area (Å²) in [6.45, 7) is 2.23. The Kier molecular flexibility index (Phi) is 4.68. The lowest BCUT2D eigenvalue weighted by molar-refractivity contribution is -0.122. The van der Waals surface area contributed by atoms with Gasteiger partial charge >= 0.3 is 0 Å². The van der Waals surface area contributed by atoms with Crippen LogP contribution in [-0.4, -0.2) is 39.8 Å². The second-order valence-electron chi connectivity index (χ2n) is 7.07. The third-order valence-electron chi connectivity index (χ3n) is 5.23. The van der Waals surface area contributed by atoms with Gasteiger partial charge in [-0.1, -0.05) is 0 Å². The predicted octanol–water partition coefficient (Wildman–Crippen LogP) is 1.94. The molecule has 0 spiro atoms. The fraction of sp³-hybridized carbons (Fsp3) is 0.526. The average molecular weight is 339 g/mol. The second-order valence-corrected chi connectivity index (χ2v) is 7.07. The van der Waals surface area contributed by atoms with Crippen molar-refractivity contribution < 1.29 is 4.79 Å². The fourth-order valence-corrected chi connectivity index (χ4v) is 3.80. The molecule has 0 atom stereocenters. The highest BCUT2D eigenvalue weighted by Gasteiger charge is 2.23. The molecule has 1 amide bonds. The van der Waals surface area contributed by atoms with Gasteiger partial charge in [0, 0.05) is 31.5 Å². The number of carbonyl (C=O) groups excluding carboxylic acids is 1. The zero-order valence-electron chi connectivity index (χ0n) is 14.5. The minimum atomic E-state index is 0.0863. The van der Waals surface area contributed by atoms with Crippen molar-refractivity contribution in [1.29, 1.82) is 0 Å². The van der Waals surface area contributed by atoms with Crippen molar-refractivity contribution in [2.45, 2.75) is 51.1 Å². The molecule has 1 aliphatic heterocycles. The van der Waals surface area contributed by atoms with E-state index < -0.39 is 0 Å². The lowest BCUT2D eigenvalue weighted by Gasteiger charge is -2.33. The normalized spacial score (nSPS) is 18.0. The Balaban J connectivity index is 1.30. The van der Waals surface area contributed by atoms with E-state index in [1.54, 1.807) is 0 Å². The summed E-state index contributed by atoms with van der Waals surface area (Å²) < 4.78 is 1.90. The second kappa shape index (κ2) is 7.25. The molecule has 2 aromatic rings. The van der Waals surface area contributed by atoms with Crippen molar-refractivity contribution in [2.24, 2.45) is 0 Å². The Bertz CT molecular complexity index is 719. The highest BCUT2D eigenvalue weighted by Crippen LogP contribution is 2.24. The molecule has 2 aromatic heterocycles. The van der Waals surface area contributed by atoms with Crippen molar-refractivity contribution in [1.82, 2.24) is 20.1 Å². The van der Waals surface area contributed by atoms with Gasteiger partial charge in [0.05, 0.1) is 5.69 Å². The summed E-state index contributed by atoms with van der Waals surface area (Å²) in [5, 5.41) is 12.0. The Morgan fingerprint density at radius 2 is 1.88 bits per heavy atom. The van der Waals surface area contributed by atoms with Gasteiger partial charge in [0.1, 0.15) is 6.54 Å². The van der Waals surface area contributed by atoms with Crippen LogP contribution in [0.15, 0.2) is 30.6 Å². The molecule has 1 saturated heterocycles. The Hall–Kier alpha value is -2.37. The first-order valence-corrected chi connectivity index (χ1v) is 9.28. The van der Waals surface area contributed by atoms with Crippen LogP contribution in [0.4, 0.5) is 5.82 Å². The first kappa shape index (κ1) is 16.1. The third kappa shape index (κ3) is 3.83. The number of anilines is 1. The van der Waals surface area contributed by atoms with Crippen molar-refractivity contribution in [2.75, 3.05) is 18.0 Å². The molecule has 0 aromatic carbocycles. The van der Waals surface area contributed by atoms with Crippen LogP contribution in [-0.2, 0) is 24.2 Å². The Morgan fingerprint density at radius 3 is 2.68 bits per heavy atom. The number of rotatable bonds is 4. The maximum Gasteiger partial charge on any atom is 0.240 e. The zero-order chi connectivity index (χ0) is 17.1. The van der Waals surface area contributed by atoms with E-state index in [-0.39, 0.29) is 11.9 Å². The van der Waals surface area contributed by atoms with Gasteiger partial charge in [-0.3, -0.25) is 4.79 Å². The minimum Gasteiger partial charge on any atom is -0.355 e. The Morgan fingerprint density at radius 1 is 1.12 bits per heavy atom. The summed E-state index contributed by atoms with van der Waals surface area (Å²) in [5.41, 5.74) is 2.56. The summed E-state index contributed by atoms with van der Waals surface area (Å²) in [6, 6.07) is 6.35. The van der Waals surface area contributed by atoms with Crippen molar-refractivity contribution >= 4 is 11.7 Å². The van der Waals surface area contributed by atoms with E-state index in [9.17, 15) is 4.79 Å². The largest absolute Gasteiger partial charge is 0.355 e. The van der Waals surface area contributed by atoms with Crippen LogP contribution in [0, 0.1) is 0 Å². The van der Waals surface area contributed by atoms with Gasteiger partial charge in [0.2, 0.25) is 5.91 Å². The van der Waals surface area contributed by atoms with E-state index >= 15 is 0 Å². The smallest absolute Gasteiger partial charge is 0.240 e. The van der Waals surface area contributed by atoms with Crippen LogP contribution in [0.2, 0.25) is 0 Å². The van der Waals surface area contributed by atoms with Crippen LogP contribution < -0.4 is 10.2 Å². The zero-order valence-corrected chi connectivity index (χ0v) is 14.5. The molecule has 3 heterocycles. The van der Waals surface area contributed by atoms with Gasteiger partial charge in [-0.25, -0.2) is 0 Å². The molecular formula is C19H25N5O. The van der Waals surface area contributed by atoms with Crippen molar-refractivity contribution in [3.8, 4) is 0 Å². The first-order valence-electron chi connectivity index (χ1n) is 9.28. The molecule has 1 aliphatic carbocycles. The van der Waals surface area contributed by atoms with E-state index in [0.717, 1.165) is 44.6 Å². The predicted molar refractivity (Wildman–Crippen MR) is 96.5 cm³/mol. The molecule has 0 saturated carbocycles. The topological polar surface area (TPSA) is 63.1 Å². The number of hydrogen-bond donors (Lipinski definition) is 1. The van der Waals surface area contributed by atoms with Gasteiger partial charge in [-0.15, -0.1) is 5.10 Å². The van der Waals surface area contributed by atoms with Gasteiger partial charge in [0.25, 0.3) is 0 Å². The van der Waals surface area contributed by atoms with E-state index in [2.05, 4.69) is 26.5 Å². The van der Waals surface area contributed by atoms with E-state index in [1.165, 1.54) is 24.1 Å². The molecule has 0 radical (unpaired) electrons. The summed E-state index contributed by atoms with van der Waals surface area (Å²) in [5.74, 6) is 1.08. The number of aromatic nitrogens is 3. The number of nitrogens with one attached hydrogen (secondary N) is 1. The molecule has 6 heteroatoms. The van der Waals surface area contributed by atoms with Gasteiger partial charge in [0.15, 0.2) is 5.82 Å². The SMILES string of the molecule is O=C(Cn1cccc1)NC1CCN(c2cc3c(nn2)CCCC3)CC1. The number of nitrogens with zero attached hydrogens (tertiary/aromatic N) is 4. The lowest BCUT2D eigenvalue weighted by atomic mass is 9.96. The van der Waals surface area contributed by atoms with E-state index in [1.807, 2.05) is 29.1 Å². The van der Waals surface area contributed by atoms with Gasteiger partial charge in [-0.05, 0) is 62.3 Å². The summed E-state index contributed by atoms with van der Waals surface area (Å²) >= 11 is 0. The van der Waals surface area contributed by atoms with E-state index in [4.69, 9.17) is 0 Å². The van der Waals surface area contributed by atoms with E-state index in [0.29, 0.717) is 6.54 Å². The van der Waals surface area contributed by atoms with Crippen LogP contribution in [0.25, 0.3) is 0 Å². The Labute approximate surface area is 148 Å². The number of aryl methyl sites for hydroxylation is 2. The molecule has 4 rings (SSSR count). The van der Waals surface area contributed by atoms with Gasteiger partial charge < -0.3 is 14.8 Å². The minimum absolute atomic E-state index is 0.0863. The number of hydrogen-bond acceptors (Lipinski definition) is 4. The highest BCUT2D eigenvalue weighted by atomic mass is 16.2. The molecule has 25 heavy (non-hydrogen) atoms. The number of carbonyl (C=O) groups is 1. The van der Waals surface area contributed by atoms with Crippen LogP contribution >= 0.6 is 0 Å². The standard InChI is InChI=1S/C19H25N5O/c25-19(14-23-9-3-4-10-23)20-16-7-11-24(12-8-16)18-13-15-5-1-2-6-17(15)21-22-18/h3-4,9-10,13,16H,1-2,5-8,11-12,14H2,(H,20,25). The van der Waals surface area contributed by atoms with Gasteiger partial charge in [-0.2, -0.15) is 5.10 Å². The number of amides is 1. The molecule has 0 unspecified atom stereocenters. The number of piperidine rings is 1. The summed E-state index contributed by atoms with van der Waals surface area (Å²) in [6.07, 6.45) is 10.4. The van der Waals surface area contributed by atoms with Crippen molar-refractivity contribution in [3.63, 3.8) is 0 Å². The molecule has 0 bridgehead atoms. The molecular weight excluding hydrogens is 314 g/mol. The maximum atomic E-state index is 12.1. The maximum absolute atomic E-state index is 12.1. The molecule has 2 aliphatic rings.